The molecule has 0 aliphatic carbocycles. The number of hydrogen-bond acceptors (Lipinski definition) is 6. The summed E-state index contributed by atoms with van der Waals surface area (Å²) in [5.74, 6) is 1.39. The molecular weight excluding hydrogens is 390 g/mol. The third kappa shape index (κ3) is 6.07. The van der Waals surface area contributed by atoms with Crippen molar-refractivity contribution in [2.24, 2.45) is 0 Å². The molecule has 1 N–H and O–H groups in total. The van der Waals surface area contributed by atoms with E-state index in [-0.39, 0.29) is 5.91 Å². The van der Waals surface area contributed by atoms with E-state index in [0.717, 1.165) is 28.7 Å². The van der Waals surface area contributed by atoms with E-state index in [1.807, 2.05) is 12.1 Å². The second-order valence-corrected chi connectivity index (χ2v) is 8.53. The van der Waals surface area contributed by atoms with Crippen molar-refractivity contribution >= 4 is 34.1 Å². The fraction of sp³-hybridized carbons (Fsp3) is 0.286. The number of carbonyl (C=O) groups is 1. The van der Waals surface area contributed by atoms with E-state index in [1.54, 1.807) is 23.9 Å². The van der Waals surface area contributed by atoms with Crippen LogP contribution in [0.1, 0.15) is 41.3 Å². The Kier molecular flexibility index (Phi) is 7.45. The van der Waals surface area contributed by atoms with Crippen molar-refractivity contribution in [2.45, 2.75) is 36.8 Å². The molecule has 0 unspecified atom stereocenters. The number of benzene rings is 2. The number of unbranched alkanes of at least 4 members (excludes halogenated alkanes) is 1. The van der Waals surface area contributed by atoms with E-state index in [0.29, 0.717) is 17.3 Å². The van der Waals surface area contributed by atoms with Crippen LogP contribution < -0.4 is 10.1 Å². The van der Waals surface area contributed by atoms with Gasteiger partial charge in [-0.2, -0.15) is 0 Å². The van der Waals surface area contributed by atoms with Crippen molar-refractivity contribution in [1.82, 2.24) is 10.2 Å². The lowest BCUT2D eigenvalue weighted by Crippen LogP contribution is -2.11. The minimum atomic E-state index is -0.202. The number of amides is 1. The standard InChI is InChI=1S/C21H23N3O2S2/c1-3-4-12-26-18-10-8-17(9-11-18)19(25)22-20-23-24-21(28-20)27-14-16-7-5-6-15(2)13-16/h5-11,13H,3-4,12,14H2,1-2H3,(H,22,23,25). The van der Waals surface area contributed by atoms with Crippen molar-refractivity contribution < 1.29 is 9.53 Å². The summed E-state index contributed by atoms with van der Waals surface area (Å²) in [5, 5.41) is 11.5. The van der Waals surface area contributed by atoms with E-state index in [1.165, 1.54) is 22.5 Å². The SMILES string of the molecule is CCCCOc1ccc(C(=O)Nc2nnc(SCc3cccc(C)c3)s2)cc1. The molecule has 1 aromatic heterocycles. The minimum absolute atomic E-state index is 0.202. The molecule has 0 aliphatic rings. The van der Waals surface area contributed by atoms with Crippen LogP contribution in [0, 0.1) is 6.92 Å². The topological polar surface area (TPSA) is 64.1 Å². The highest BCUT2D eigenvalue weighted by atomic mass is 32.2. The van der Waals surface area contributed by atoms with Gasteiger partial charge in [-0.1, -0.05) is 66.3 Å². The second-order valence-electron chi connectivity index (χ2n) is 6.33. The van der Waals surface area contributed by atoms with Gasteiger partial charge in [-0.3, -0.25) is 10.1 Å². The summed E-state index contributed by atoms with van der Waals surface area (Å²) >= 11 is 2.99. The Morgan fingerprint density at radius 2 is 2.00 bits per heavy atom. The van der Waals surface area contributed by atoms with Gasteiger partial charge < -0.3 is 4.74 Å². The number of aryl methyl sites for hydroxylation is 1. The Morgan fingerprint density at radius 3 is 2.75 bits per heavy atom. The molecule has 3 aromatic rings. The van der Waals surface area contributed by atoms with Crippen molar-refractivity contribution in [3.8, 4) is 5.75 Å². The maximum atomic E-state index is 12.4. The van der Waals surface area contributed by atoms with E-state index < -0.39 is 0 Å². The first kappa shape index (κ1) is 20.4. The number of rotatable bonds is 9. The Bertz CT molecular complexity index is 910. The van der Waals surface area contributed by atoms with Gasteiger partial charge in [0.25, 0.3) is 5.91 Å². The average Bonchev–Trinajstić information content (AvgIpc) is 3.14. The normalized spacial score (nSPS) is 10.6. The van der Waals surface area contributed by atoms with Crippen LogP contribution in [-0.2, 0) is 5.75 Å². The van der Waals surface area contributed by atoms with Crippen molar-refractivity contribution in [2.75, 3.05) is 11.9 Å². The van der Waals surface area contributed by atoms with Gasteiger partial charge in [-0.15, -0.1) is 10.2 Å². The number of carbonyl (C=O) groups excluding carboxylic acids is 1. The number of nitrogens with zero attached hydrogens (tertiary/aromatic N) is 2. The quantitative estimate of drug-likeness (QED) is 0.282. The fourth-order valence-corrected chi connectivity index (χ4v) is 4.16. The van der Waals surface area contributed by atoms with Gasteiger partial charge in [0.05, 0.1) is 6.61 Å². The summed E-state index contributed by atoms with van der Waals surface area (Å²) in [4.78, 5) is 12.4. The molecule has 2 aromatic carbocycles. The Hall–Kier alpha value is -2.38. The number of anilines is 1. The Balaban J connectivity index is 1.52. The number of nitrogens with one attached hydrogen (secondary N) is 1. The monoisotopic (exact) mass is 413 g/mol. The highest BCUT2D eigenvalue weighted by molar-refractivity contribution is 8.00. The molecule has 0 bridgehead atoms. The van der Waals surface area contributed by atoms with Crippen molar-refractivity contribution in [3.05, 3.63) is 65.2 Å². The van der Waals surface area contributed by atoms with Gasteiger partial charge in [0.15, 0.2) is 4.34 Å². The van der Waals surface area contributed by atoms with Gasteiger partial charge in [0, 0.05) is 11.3 Å². The van der Waals surface area contributed by atoms with Gasteiger partial charge in [-0.25, -0.2) is 0 Å². The van der Waals surface area contributed by atoms with Gasteiger partial charge in [0.2, 0.25) is 5.13 Å². The molecule has 3 rings (SSSR count). The highest BCUT2D eigenvalue weighted by Crippen LogP contribution is 2.28. The number of ether oxygens (including phenoxy) is 1. The fourth-order valence-electron chi connectivity index (χ4n) is 2.47. The first-order valence-electron chi connectivity index (χ1n) is 9.20. The summed E-state index contributed by atoms with van der Waals surface area (Å²) in [5.41, 5.74) is 3.05. The molecule has 1 heterocycles. The molecule has 7 heteroatoms. The summed E-state index contributed by atoms with van der Waals surface area (Å²) in [6, 6.07) is 15.5. The molecule has 28 heavy (non-hydrogen) atoms. The van der Waals surface area contributed by atoms with Crippen molar-refractivity contribution in [1.29, 1.82) is 0 Å². The Morgan fingerprint density at radius 1 is 1.18 bits per heavy atom. The Labute approximate surface area is 173 Å². The maximum absolute atomic E-state index is 12.4. The van der Waals surface area contributed by atoms with Crippen molar-refractivity contribution in [3.63, 3.8) is 0 Å². The van der Waals surface area contributed by atoms with Gasteiger partial charge in [-0.05, 0) is 43.2 Å². The van der Waals surface area contributed by atoms with Crippen LogP contribution in [0.4, 0.5) is 5.13 Å². The van der Waals surface area contributed by atoms with Crippen LogP contribution in [0.2, 0.25) is 0 Å². The molecule has 0 atom stereocenters. The van der Waals surface area contributed by atoms with E-state index in [2.05, 4.69) is 53.6 Å². The molecule has 0 radical (unpaired) electrons. The summed E-state index contributed by atoms with van der Waals surface area (Å²) < 4.78 is 6.45. The summed E-state index contributed by atoms with van der Waals surface area (Å²) in [6.07, 6.45) is 2.11. The predicted octanol–water partition coefficient (Wildman–Crippen LogP) is 5.57. The van der Waals surface area contributed by atoms with Crippen LogP contribution >= 0.6 is 23.1 Å². The smallest absolute Gasteiger partial charge is 0.257 e. The third-order valence-electron chi connectivity index (χ3n) is 3.95. The lowest BCUT2D eigenvalue weighted by molar-refractivity contribution is 0.102. The van der Waals surface area contributed by atoms with E-state index in [9.17, 15) is 4.79 Å². The first-order valence-corrected chi connectivity index (χ1v) is 11.0. The van der Waals surface area contributed by atoms with Crippen LogP contribution in [-0.4, -0.2) is 22.7 Å². The zero-order chi connectivity index (χ0) is 19.8. The van der Waals surface area contributed by atoms with E-state index in [4.69, 9.17) is 4.74 Å². The highest BCUT2D eigenvalue weighted by Gasteiger charge is 2.11. The van der Waals surface area contributed by atoms with Gasteiger partial charge in [0.1, 0.15) is 5.75 Å². The van der Waals surface area contributed by atoms with Crippen LogP contribution in [0.25, 0.3) is 0 Å². The maximum Gasteiger partial charge on any atom is 0.257 e. The van der Waals surface area contributed by atoms with Gasteiger partial charge >= 0.3 is 0 Å². The van der Waals surface area contributed by atoms with Crippen LogP contribution in [0.15, 0.2) is 52.9 Å². The van der Waals surface area contributed by atoms with Crippen LogP contribution in [0.3, 0.4) is 0 Å². The second kappa shape index (κ2) is 10.2. The number of aromatic nitrogens is 2. The summed E-state index contributed by atoms with van der Waals surface area (Å²) in [6.45, 7) is 4.89. The van der Waals surface area contributed by atoms with Crippen LogP contribution in [0.5, 0.6) is 5.75 Å². The lowest BCUT2D eigenvalue weighted by atomic mass is 10.2. The average molecular weight is 414 g/mol. The zero-order valence-corrected chi connectivity index (χ0v) is 17.6. The minimum Gasteiger partial charge on any atom is -0.494 e. The largest absolute Gasteiger partial charge is 0.494 e. The first-order chi connectivity index (χ1) is 13.6. The third-order valence-corrected chi connectivity index (χ3v) is 6.00. The molecule has 1 amide bonds. The molecule has 0 aliphatic heterocycles. The molecule has 146 valence electrons. The molecular formula is C21H23N3O2S2. The molecule has 5 nitrogen and oxygen atoms in total. The lowest BCUT2D eigenvalue weighted by Gasteiger charge is -2.06. The zero-order valence-electron chi connectivity index (χ0n) is 16.0. The number of hydrogen-bond donors (Lipinski definition) is 1. The number of thioether (sulfide) groups is 1. The molecule has 0 saturated heterocycles. The molecule has 0 fully saturated rings. The summed E-state index contributed by atoms with van der Waals surface area (Å²) in [7, 11) is 0. The molecule has 0 spiro atoms. The molecule has 0 saturated carbocycles. The van der Waals surface area contributed by atoms with E-state index >= 15 is 0 Å². The predicted molar refractivity (Wildman–Crippen MR) is 115 cm³/mol.